The van der Waals surface area contributed by atoms with Crippen molar-refractivity contribution in [2.24, 2.45) is 0 Å². The van der Waals surface area contributed by atoms with E-state index in [9.17, 15) is 13.6 Å². The van der Waals surface area contributed by atoms with E-state index in [4.69, 9.17) is 14.6 Å². The normalized spacial score (nSPS) is 11.3. The van der Waals surface area contributed by atoms with Crippen LogP contribution in [-0.4, -0.2) is 29.3 Å². The molecule has 0 radical (unpaired) electrons. The molecule has 0 fully saturated rings. The predicted molar refractivity (Wildman–Crippen MR) is 111 cm³/mol. The lowest BCUT2D eigenvalue weighted by Gasteiger charge is -2.16. The zero-order valence-corrected chi connectivity index (χ0v) is 16.9. The first-order valence-electron chi connectivity index (χ1n) is 8.98. The Labute approximate surface area is 179 Å². The highest BCUT2D eigenvalue weighted by atomic mass is 32.1. The second-order valence-electron chi connectivity index (χ2n) is 6.35. The Morgan fingerprint density at radius 3 is 2.48 bits per heavy atom. The minimum atomic E-state index is -4.38. The molecule has 4 rings (SSSR count). The van der Waals surface area contributed by atoms with E-state index < -0.39 is 17.8 Å². The first-order chi connectivity index (χ1) is 14.9. The van der Waals surface area contributed by atoms with Crippen LogP contribution in [0.2, 0.25) is 0 Å². The predicted octanol–water partition coefficient (Wildman–Crippen LogP) is 5.82. The Kier molecular flexibility index (Phi) is 5.43. The Bertz CT molecular complexity index is 1240. The number of methoxy groups -OCH3 is 1. The van der Waals surface area contributed by atoms with Crippen molar-refractivity contribution in [2.75, 3.05) is 7.11 Å². The van der Waals surface area contributed by atoms with Gasteiger partial charge in [-0.3, -0.25) is 0 Å². The molecule has 1 heterocycles. The van der Waals surface area contributed by atoms with Gasteiger partial charge in [-0.25, -0.2) is 9.78 Å². The first-order valence-corrected chi connectivity index (χ1v) is 9.79. The van der Waals surface area contributed by atoms with E-state index in [-0.39, 0.29) is 5.75 Å². The highest BCUT2D eigenvalue weighted by molar-refractivity contribution is 7.21. The van der Waals surface area contributed by atoms with Gasteiger partial charge in [-0.15, -0.1) is 11.3 Å². The van der Waals surface area contributed by atoms with Gasteiger partial charge in [0.05, 0.1) is 17.3 Å². The molecule has 6 nitrogen and oxygen atoms in total. The van der Waals surface area contributed by atoms with Gasteiger partial charge in [0.15, 0.2) is 11.5 Å². The number of benzene rings is 3. The van der Waals surface area contributed by atoms with Gasteiger partial charge in [0.2, 0.25) is 0 Å². The fraction of sp³-hybridized carbons (Fsp3) is 0.0909. The summed E-state index contributed by atoms with van der Waals surface area (Å²) in [4.78, 5) is 15.2. The van der Waals surface area contributed by atoms with E-state index in [1.54, 1.807) is 0 Å². The fourth-order valence-corrected chi connectivity index (χ4v) is 3.77. The van der Waals surface area contributed by atoms with E-state index in [1.165, 1.54) is 36.6 Å². The number of nitrogens with zero attached hydrogens (tertiary/aromatic N) is 1. The highest BCUT2D eigenvalue weighted by Gasteiger charge is 2.43. The second-order valence-corrected chi connectivity index (χ2v) is 7.38. The van der Waals surface area contributed by atoms with Crippen molar-refractivity contribution in [3.05, 3.63) is 66.7 Å². The Morgan fingerprint density at radius 1 is 1.00 bits per heavy atom. The van der Waals surface area contributed by atoms with Crippen LogP contribution in [0.15, 0.2) is 66.7 Å². The van der Waals surface area contributed by atoms with Crippen LogP contribution in [0.4, 0.5) is 8.78 Å². The van der Waals surface area contributed by atoms with Crippen molar-refractivity contribution >= 4 is 27.5 Å². The number of aliphatic carboxylic acids is 1. The molecule has 1 aromatic heterocycles. The van der Waals surface area contributed by atoms with Crippen LogP contribution in [0.25, 0.3) is 20.8 Å². The zero-order valence-electron chi connectivity index (χ0n) is 16.0. The number of hydrogen-bond acceptors (Lipinski definition) is 6. The molecule has 0 unspecified atom stereocenters. The molecule has 9 heteroatoms. The topological polar surface area (TPSA) is 77.9 Å². The standard InChI is InChI=1S/C22H15F2NO5S/c1-28-18-11-13(7-10-17(18)30-22(23,24)21(26)27)20-25-16-9-8-15(12-19(16)31-20)29-14-5-3-2-4-6-14/h2-12H,1H3,(H,26,27). The summed E-state index contributed by atoms with van der Waals surface area (Å²) in [5, 5.41) is 9.19. The number of halogens is 2. The van der Waals surface area contributed by atoms with Crippen LogP contribution in [0.1, 0.15) is 0 Å². The molecular weight excluding hydrogens is 428 g/mol. The van der Waals surface area contributed by atoms with Crippen molar-refractivity contribution in [3.63, 3.8) is 0 Å². The molecule has 0 saturated carbocycles. The monoisotopic (exact) mass is 443 g/mol. The summed E-state index contributed by atoms with van der Waals surface area (Å²) in [6, 6.07) is 19.1. The first kappa shape index (κ1) is 20.5. The van der Waals surface area contributed by atoms with Gasteiger partial charge in [-0.1, -0.05) is 18.2 Å². The average molecular weight is 443 g/mol. The number of carboxylic acids is 1. The summed E-state index contributed by atoms with van der Waals surface area (Å²) in [7, 11) is 1.27. The summed E-state index contributed by atoms with van der Waals surface area (Å²) in [5.41, 5.74) is 1.35. The van der Waals surface area contributed by atoms with E-state index in [2.05, 4.69) is 9.72 Å². The number of rotatable bonds is 7. The summed E-state index contributed by atoms with van der Waals surface area (Å²) >= 11 is 1.39. The van der Waals surface area contributed by atoms with Crippen LogP contribution in [0.3, 0.4) is 0 Å². The molecule has 0 amide bonds. The molecule has 158 valence electrons. The molecule has 3 aromatic carbocycles. The quantitative estimate of drug-likeness (QED) is 0.388. The lowest BCUT2D eigenvalue weighted by atomic mass is 10.2. The van der Waals surface area contributed by atoms with E-state index >= 15 is 0 Å². The molecular formula is C22H15F2NO5S. The number of thiazole rings is 1. The number of carbonyl (C=O) groups is 1. The number of para-hydroxylation sites is 1. The number of fused-ring (bicyclic) bond motifs is 1. The van der Waals surface area contributed by atoms with Crippen LogP contribution in [-0.2, 0) is 4.79 Å². The number of ether oxygens (including phenoxy) is 3. The molecule has 0 spiro atoms. The van der Waals surface area contributed by atoms with Crippen molar-refractivity contribution in [3.8, 4) is 33.6 Å². The van der Waals surface area contributed by atoms with Crippen LogP contribution < -0.4 is 14.2 Å². The van der Waals surface area contributed by atoms with Gasteiger partial charge in [-0.05, 0) is 42.5 Å². The molecule has 0 aliphatic carbocycles. The molecule has 4 aromatic rings. The van der Waals surface area contributed by atoms with Gasteiger partial charge in [0.1, 0.15) is 16.5 Å². The minimum absolute atomic E-state index is 0.0363. The van der Waals surface area contributed by atoms with Crippen molar-refractivity contribution in [2.45, 2.75) is 6.11 Å². The maximum absolute atomic E-state index is 13.4. The van der Waals surface area contributed by atoms with Crippen LogP contribution in [0, 0.1) is 0 Å². The number of aromatic nitrogens is 1. The van der Waals surface area contributed by atoms with Crippen molar-refractivity contribution in [1.29, 1.82) is 0 Å². The second kappa shape index (κ2) is 8.19. The third-order valence-corrected chi connectivity index (χ3v) is 5.30. The van der Waals surface area contributed by atoms with Crippen LogP contribution >= 0.6 is 11.3 Å². The number of carboxylic acid groups (broad SMARTS) is 1. The summed E-state index contributed by atoms with van der Waals surface area (Å²) in [5.74, 6) is -1.45. The summed E-state index contributed by atoms with van der Waals surface area (Å²) in [6.07, 6.45) is -4.38. The van der Waals surface area contributed by atoms with Gasteiger partial charge < -0.3 is 19.3 Å². The van der Waals surface area contributed by atoms with Gasteiger partial charge in [0.25, 0.3) is 0 Å². The Morgan fingerprint density at radius 2 is 1.77 bits per heavy atom. The zero-order chi connectivity index (χ0) is 22.0. The SMILES string of the molecule is COc1cc(-c2nc3ccc(Oc4ccccc4)cc3s2)ccc1OC(F)(F)C(=O)O. The van der Waals surface area contributed by atoms with Gasteiger partial charge >= 0.3 is 12.1 Å². The Balaban J connectivity index is 1.63. The summed E-state index contributed by atoms with van der Waals surface area (Å²) in [6.45, 7) is 0. The maximum atomic E-state index is 13.4. The minimum Gasteiger partial charge on any atom is -0.493 e. The number of alkyl halides is 2. The van der Waals surface area contributed by atoms with Crippen LogP contribution in [0.5, 0.6) is 23.0 Å². The number of hydrogen-bond donors (Lipinski definition) is 1. The molecule has 0 atom stereocenters. The molecule has 31 heavy (non-hydrogen) atoms. The van der Waals surface area contributed by atoms with Crippen molar-refractivity contribution < 1.29 is 32.9 Å². The van der Waals surface area contributed by atoms with Gasteiger partial charge in [-0.2, -0.15) is 8.78 Å². The molecule has 0 aliphatic heterocycles. The third kappa shape index (κ3) is 4.41. The van der Waals surface area contributed by atoms with E-state index in [0.29, 0.717) is 22.1 Å². The molecule has 0 bridgehead atoms. The smallest absolute Gasteiger partial charge is 0.493 e. The lowest BCUT2D eigenvalue weighted by molar-refractivity contribution is -0.211. The average Bonchev–Trinajstić information content (AvgIpc) is 3.18. The summed E-state index contributed by atoms with van der Waals surface area (Å²) < 4.78 is 42.9. The highest BCUT2D eigenvalue weighted by Crippen LogP contribution is 2.38. The van der Waals surface area contributed by atoms with Crippen molar-refractivity contribution in [1.82, 2.24) is 4.98 Å². The van der Waals surface area contributed by atoms with Gasteiger partial charge in [0, 0.05) is 11.6 Å². The molecule has 0 aliphatic rings. The molecule has 0 saturated heterocycles. The maximum Gasteiger partial charge on any atom is 0.502 e. The lowest BCUT2D eigenvalue weighted by Crippen LogP contribution is -2.34. The fourth-order valence-electron chi connectivity index (χ4n) is 2.78. The third-order valence-electron chi connectivity index (χ3n) is 4.24. The molecule has 1 N–H and O–H groups in total. The van der Waals surface area contributed by atoms with E-state index in [1.807, 2.05) is 48.5 Å². The Hall–Kier alpha value is -3.72. The van der Waals surface area contributed by atoms with E-state index in [0.717, 1.165) is 10.2 Å². The largest absolute Gasteiger partial charge is 0.502 e.